The number of amides is 1. The molecular weight excluding hydrogens is 190 g/mol. The van der Waals surface area contributed by atoms with E-state index in [1.807, 2.05) is 31.2 Å². The molecule has 1 aromatic rings. The van der Waals surface area contributed by atoms with Crippen molar-refractivity contribution in [1.29, 1.82) is 0 Å². The van der Waals surface area contributed by atoms with Gasteiger partial charge < -0.3 is 10.1 Å². The highest BCUT2D eigenvalue weighted by atomic mass is 16.5. The Morgan fingerprint density at radius 2 is 2.07 bits per heavy atom. The average Bonchev–Trinajstić information content (AvgIpc) is 2.29. The molecule has 0 radical (unpaired) electrons. The van der Waals surface area contributed by atoms with Crippen LogP contribution >= 0.6 is 0 Å². The van der Waals surface area contributed by atoms with Gasteiger partial charge in [-0.25, -0.2) is 0 Å². The number of methoxy groups -OCH3 is 1. The van der Waals surface area contributed by atoms with Crippen molar-refractivity contribution in [1.82, 2.24) is 5.32 Å². The van der Waals surface area contributed by atoms with Crippen molar-refractivity contribution in [3.8, 4) is 5.75 Å². The zero-order chi connectivity index (χ0) is 11.3. The Balaban J connectivity index is 2.69. The van der Waals surface area contributed by atoms with Crippen LogP contribution in [0.1, 0.15) is 18.5 Å². The third-order valence-corrected chi connectivity index (χ3v) is 2.16. The Bertz CT molecular complexity index is 343. The van der Waals surface area contributed by atoms with Gasteiger partial charge in [0, 0.05) is 0 Å². The van der Waals surface area contributed by atoms with Crippen LogP contribution < -0.4 is 10.1 Å². The fraction of sp³-hybridized carbons (Fsp3) is 0.250. The van der Waals surface area contributed by atoms with E-state index in [0.717, 1.165) is 11.3 Å². The van der Waals surface area contributed by atoms with Crippen LogP contribution in [-0.2, 0) is 4.79 Å². The number of carbonyl (C=O) groups excluding carboxylic acids is 1. The fourth-order valence-electron chi connectivity index (χ4n) is 1.25. The van der Waals surface area contributed by atoms with Crippen molar-refractivity contribution >= 4 is 5.91 Å². The average molecular weight is 205 g/mol. The summed E-state index contributed by atoms with van der Waals surface area (Å²) in [5.74, 6) is 0.638. The molecule has 0 aliphatic heterocycles. The number of benzene rings is 1. The first-order chi connectivity index (χ1) is 7.17. The summed E-state index contributed by atoms with van der Waals surface area (Å²) in [7, 11) is 1.62. The monoisotopic (exact) mass is 205 g/mol. The van der Waals surface area contributed by atoms with Gasteiger partial charge in [-0.15, -0.1) is 0 Å². The normalized spacial score (nSPS) is 11.6. The SMILES string of the molecule is C=CC(=O)N[C@@H](C)c1ccc(OC)cc1. The third-order valence-electron chi connectivity index (χ3n) is 2.16. The highest BCUT2D eigenvalue weighted by Gasteiger charge is 2.06. The van der Waals surface area contributed by atoms with Gasteiger partial charge in [0.05, 0.1) is 13.2 Å². The first-order valence-electron chi connectivity index (χ1n) is 4.74. The van der Waals surface area contributed by atoms with Crippen LogP contribution in [0.3, 0.4) is 0 Å². The van der Waals surface area contributed by atoms with Crippen molar-refractivity contribution in [2.75, 3.05) is 7.11 Å². The van der Waals surface area contributed by atoms with Gasteiger partial charge in [-0.3, -0.25) is 4.79 Å². The molecule has 1 amide bonds. The molecule has 0 aliphatic rings. The standard InChI is InChI=1S/C12H15NO2/c1-4-12(14)13-9(2)10-5-7-11(15-3)8-6-10/h4-9H,1H2,2-3H3,(H,13,14)/t9-/m0/s1. The topological polar surface area (TPSA) is 38.3 Å². The van der Waals surface area contributed by atoms with E-state index >= 15 is 0 Å². The maximum atomic E-state index is 11.1. The molecule has 1 rings (SSSR count). The van der Waals surface area contributed by atoms with Gasteiger partial charge >= 0.3 is 0 Å². The first kappa shape index (κ1) is 11.3. The predicted molar refractivity (Wildman–Crippen MR) is 59.7 cm³/mol. The van der Waals surface area contributed by atoms with Gasteiger partial charge in [0.2, 0.25) is 5.91 Å². The Kier molecular flexibility index (Phi) is 3.92. The molecule has 0 aromatic heterocycles. The van der Waals surface area contributed by atoms with Gasteiger partial charge in [-0.2, -0.15) is 0 Å². The number of carbonyl (C=O) groups is 1. The molecule has 3 heteroatoms. The largest absolute Gasteiger partial charge is 0.497 e. The fourth-order valence-corrected chi connectivity index (χ4v) is 1.25. The number of nitrogens with one attached hydrogen (secondary N) is 1. The van der Waals surface area contributed by atoms with Gasteiger partial charge in [0.15, 0.2) is 0 Å². The molecule has 1 N–H and O–H groups in total. The molecule has 0 fully saturated rings. The van der Waals surface area contributed by atoms with Gasteiger partial charge in [0.1, 0.15) is 5.75 Å². The maximum absolute atomic E-state index is 11.1. The van der Waals surface area contributed by atoms with Crippen LogP contribution in [0.4, 0.5) is 0 Å². The molecule has 1 aromatic carbocycles. The Morgan fingerprint density at radius 1 is 1.47 bits per heavy atom. The summed E-state index contributed by atoms with van der Waals surface area (Å²) in [6.45, 7) is 5.32. The lowest BCUT2D eigenvalue weighted by Crippen LogP contribution is -2.24. The second-order valence-electron chi connectivity index (χ2n) is 3.21. The first-order valence-corrected chi connectivity index (χ1v) is 4.74. The molecular formula is C12H15NO2. The number of hydrogen-bond donors (Lipinski definition) is 1. The van der Waals surface area contributed by atoms with Crippen LogP contribution in [0.5, 0.6) is 5.75 Å². The summed E-state index contributed by atoms with van der Waals surface area (Å²) in [6, 6.07) is 7.55. The summed E-state index contributed by atoms with van der Waals surface area (Å²) in [5.41, 5.74) is 1.03. The summed E-state index contributed by atoms with van der Waals surface area (Å²) in [5, 5.41) is 2.79. The lowest BCUT2D eigenvalue weighted by molar-refractivity contribution is -0.117. The molecule has 15 heavy (non-hydrogen) atoms. The smallest absolute Gasteiger partial charge is 0.243 e. The Hall–Kier alpha value is -1.77. The number of ether oxygens (including phenoxy) is 1. The molecule has 0 unspecified atom stereocenters. The Labute approximate surface area is 89.8 Å². The minimum Gasteiger partial charge on any atom is -0.497 e. The predicted octanol–water partition coefficient (Wildman–Crippen LogP) is 2.06. The molecule has 1 atom stereocenters. The zero-order valence-electron chi connectivity index (χ0n) is 8.99. The number of hydrogen-bond acceptors (Lipinski definition) is 2. The van der Waals surface area contributed by atoms with Crippen LogP contribution in [0.2, 0.25) is 0 Å². The van der Waals surface area contributed by atoms with Crippen molar-refractivity contribution < 1.29 is 9.53 Å². The van der Waals surface area contributed by atoms with E-state index in [9.17, 15) is 4.79 Å². The van der Waals surface area contributed by atoms with Gasteiger partial charge in [-0.05, 0) is 30.7 Å². The summed E-state index contributed by atoms with van der Waals surface area (Å²) in [6.07, 6.45) is 1.26. The van der Waals surface area contributed by atoms with Crippen molar-refractivity contribution in [3.05, 3.63) is 42.5 Å². The van der Waals surface area contributed by atoms with Crippen LogP contribution in [0, 0.1) is 0 Å². The summed E-state index contributed by atoms with van der Waals surface area (Å²) < 4.78 is 5.05. The Morgan fingerprint density at radius 3 is 2.53 bits per heavy atom. The second kappa shape index (κ2) is 5.20. The minimum atomic E-state index is -0.168. The van der Waals surface area contributed by atoms with E-state index in [-0.39, 0.29) is 11.9 Å². The van der Waals surface area contributed by atoms with E-state index in [2.05, 4.69) is 11.9 Å². The quantitative estimate of drug-likeness (QED) is 0.764. The van der Waals surface area contributed by atoms with E-state index in [1.165, 1.54) is 6.08 Å². The summed E-state index contributed by atoms with van der Waals surface area (Å²) >= 11 is 0. The molecule has 0 saturated carbocycles. The number of rotatable bonds is 4. The van der Waals surface area contributed by atoms with Crippen LogP contribution in [0.25, 0.3) is 0 Å². The van der Waals surface area contributed by atoms with Crippen molar-refractivity contribution in [2.45, 2.75) is 13.0 Å². The van der Waals surface area contributed by atoms with E-state index in [0.29, 0.717) is 0 Å². The maximum Gasteiger partial charge on any atom is 0.243 e. The van der Waals surface area contributed by atoms with E-state index < -0.39 is 0 Å². The zero-order valence-corrected chi connectivity index (χ0v) is 8.99. The third kappa shape index (κ3) is 3.13. The molecule has 0 aliphatic carbocycles. The van der Waals surface area contributed by atoms with Crippen molar-refractivity contribution in [2.24, 2.45) is 0 Å². The highest BCUT2D eigenvalue weighted by Crippen LogP contribution is 2.16. The van der Waals surface area contributed by atoms with Gasteiger partial charge in [0.25, 0.3) is 0 Å². The van der Waals surface area contributed by atoms with Crippen molar-refractivity contribution in [3.63, 3.8) is 0 Å². The lowest BCUT2D eigenvalue weighted by atomic mass is 10.1. The molecule has 0 saturated heterocycles. The van der Waals surface area contributed by atoms with E-state index in [4.69, 9.17) is 4.74 Å². The minimum absolute atomic E-state index is 0.0265. The lowest BCUT2D eigenvalue weighted by Gasteiger charge is -2.13. The molecule has 0 bridgehead atoms. The van der Waals surface area contributed by atoms with Crippen LogP contribution in [-0.4, -0.2) is 13.0 Å². The van der Waals surface area contributed by atoms with E-state index in [1.54, 1.807) is 7.11 Å². The van der Waals surface area contributed by atoms with Crippen LogP contribution in [0.15, 0.2) is 36.9 Å². The second-order valence-corrected chi connectivity index (χ2v) is 3.21. The molecule has 0 heterocycles. The van der Waals surface area contributed by atoms with Gasteiger partial charge in [-0.1, -0.05) is 18.7 Å². The highest BCUT2D eigenvalue weighted by molar-refractivity contribution is 5.87. The molecule has 0 spiro atoms. The summed E-state index contributed by atoms with van der Waals surface area (Å²) in [4.78, 5) is 11.1. The molecule has 80 valence electrons. The molecule has 3 nitrogen and oxygen atoms in total.